The normalized spacial score (nSPS) is 11.6. The van der Waals surface area contributed by atoms with E-state index in [-0.39, 0.29) is 35.3 Å². The lowest BCUT2D eigenvalue weighted by atomic mass is 10.0. The molecule has 0 amide bonds. The highest BCUT2D eigenvalue weighted by Crippen LogP contribution is 2.34. The van der Waals surface area contributed by atoms with Gasteiger partial charge in [-0.05, 0) is 18.6 Å². The van der Waals surface area contributed by atoms with Crippen LogP contribution in [-0.4, -0.2) is 13.9 Å². The summed E-state index contributed by atoms with van der Waals surface area (Å²) in [4.78, 5) is 0. The summed E-state index contributed by atoms with van der Waals surface area (Å²) < 4.78 is 63.6. The van der Waals surface area contributed by atoms with Gasteiger partial charge < -0.3 is 4.18 Å². The molecule has 0 aliphatic rings. The highest BCUT2D eigenvalue weighted by Gasteiger charge is 2.48. The molecular weight excluding hydrogens is 432 g/mol. The molecule has 2 rings (SSSR count). The van der Waals surface area contributed by atoms with E-state index in [1.165, 1.54) is 18.2 Å². The van der Waals surface area contributed by atoms with Crippen molar-refractivity contribution in [2.24, 2.45) is 0 Å². The summed E-state index contributed by atoms with van der Waals surface area (Å²) in [6, 6.07) is 12.6. The largest absolute Gasteiger partial charge is 0.534 e. The standard InChI is InChI=1S/C14H11F3O3S.HI/c1-10-6-8-11(9-7-10)12-4-2-3-5-13(12)20-21(18,19)14(15,16)17;/h2-9H,1H3;1H. The zero-order chi connectivity index (χ0) is 15.7. The first-order valence-electron chi connectivity index (χ1n) is 5.87. The molecule has 0 atom stereocenters. The fraction of sp³-hybridized carbons (Fsp3) is 0.143. The molecule has 8 heteroatoms. The van der Waals surface area contributed by atoms with Gasteiger partial charge in [0.2, 0.25) is 0 Å². The number of hydrogen-bond donors (Lipinski definition) is 0. The minimum absolute atomic E-state index is 0. The first-order valence-corrected chi connectivity index (χ1v) is 7.28. The van der Waals surface area contributed by atoms with Crippen LogP contribution in [0.25, 0.3) is 11.1 Å². The van der Waals surface area contributed by atoms with Gasteiger partial charge in [-0.2, -0.15) is 21.6 Å². The zero-order valence-corrected chi connectivity index (χ0v) is 14.4. The zero-order valence-electron chi connectivity index (χ0n) is 11.3. The number of hydrogen-bond acceptors (Lipinski definition) is 3. The first-order chi connectivity index (χ1) is 9.71. The van der Waals surface area contributed by atoms with E-state index in [0.717, 1.165) is 5.56 Å². The Hall–Kier alpha value is -1.29. The van der Waals surface area contributed by atoms with E-state index in [9.17, 15) is 21.6 Å². The van der Waals surface area contributed by atoms with Crippen LogP contribution >= 0.6 is 24.0 Å². The summed E-state index contributed by atoms with van der Waals surface area (Å²) in [7, 11) is -5.69. The Morgan fingerprint density at radius 3 is 2.05 bits per heavy atom. The van der Waals surface area contributed by atoms with Crippen molar-refractivity contribution < 1.29 is 25.8 Å². The first kappa shape index (κ1) is 18.8. The van der Waals surface area contributed by atoms with Crippen LogP contribution < -0.4 is 4.18 Å². The summed E-state index contributed by atoms with van der Waals surface area (Å²) in [5.41, 5.74) is -3.66. The number of alkyl halides is 3. The van der Waals surface area contributed by atoms with Crippen LogP contribution in [0.1, 0.15) is 5.56 Å². The molecule has 22 heavy (non-hydrogen) atoms. The summed E-state index contributed by atoms with van der Waals surface area (Å²) in [6.45, 7) is 1.86. The molecule has 0 heterocycles. The van der Waals surface area contributed by atoms with Gasteiger partial charge in [0.15, 0.2) is 5.75 Å². The minimum atomic E-state index is -5.69. The molecule has 3 nitrogen and oxygen atoms in total. The van der Waals surface area contributed by atoms with Crippen LogP contribution in [0.4, 0.5) is 13.2 Å². The van der Waals surface area contributed by atoms with Crippen molar-refractivity contribution in [2.75, 3.05) is 0 Å². The van der Waals surface area contributed by atoms with Gasteiger partial charge in [0, 0.05) is 5.56 Å². The van der Waals surface area contributed by atoms with E-state index in [0.29, 0.717) is 5.56 Å². The fourth-order valence-corrected chi connectivity index (χ4v) is 2.15. The average Bonchev–Trinajstić information content (AvgIpc) is 2.39. The predicted molar refractivity (Wildman–Crippen MR) is 87.6 cm³/mol. The molecular formula is C14H12F3IO3S. The summed E-state index contributed by atoms with van der Waals surface area (Å²) in [6.07, 6.45) is 0. The third kappa shape index (κ3) is 4.13. The van der Waals surface area contributed by atoms with Crippen molar-refractivity contribution in [1.29, 1.82) is 0 Å². The van der Waals surface area contributed by atoms with Crippen molar-refractivity contribution in [3.05, 3.63) is 54.1 Å². The van der Waals surface area contributed by atoms with Gasteiger partial charge in [-0.15, -0.1) is 24.0 Å². The Labute approximate surface area is 143 Å². The second-order valence-electron chi connectivity index (χ2n) is 4.35. The number of rotatable bonds is 3. The molecule has 0 aliphatic carbocycles. The fourth-order valence-electron chi connectivity index (χ4n) is 1.68. The van der Waals surface area contributed by atoms with Gasteiger partial charge in [-0.25, -0.2) is 0 Å². The van der Waals surface area contributed by atoms with Crippen LogP contribution in [0.3, 0.4) is 0 Å². The van der Waals surface area contributed by atoms with Crippen molar-refractivity contribution in [2.45, 2.75) is 12.4 Å². The second-order valence-corrected chi connectivity index (χ2v) is 5.88. The van der Waals surface area contributed by atoms with Crippen molar-refractivity contribution >= 4 is 34.1 Å². The molecule has 0 bridgehead atoms. The maximum absolute atomic E-state index is 12.4. The van der Waals surface area contributed by atoms with Gasteiger partial charge in [-0.3, -0.25) is 0 Å². The molecule has 0 N–H and O–H groups in total. The third-order valence-electron chi connectivity index (χ3n) is 2.73. The van der Waals surface area contributed by atoms with Crippen molar-refractivity contribution in [3.63, 3.8) is 0 Å². The second kappa shape index (κ2) is 6.86. The highest BCUT2D eigenvalue weighted by atomic mass is 127. The molecule has 0 saturated heterocycles. The quantitative estimate of drug-likeness (QED) is 0.398. The molecule has 2 aromatic rings. The smallest absolute Gasteiger partial charge is 0.375 e. The Kier molecular flexibility index (Phi) is 5.85. The molecule has 0 unspecified atom stereocenters. The summed E-state index contributed by atoms with van der Waals surface area (Å²) in [5.74, 6) is -0.362. The van der Waals surface area contributed by atoms with E-state index < -0.39 is 15.6 Å². The Morgan fingerprint density at radius 2 is 1.50 bits per heavy atom. The lowest BCUT2D eigenvalue weighted by Crippen LogP contribution is -2.28. The van der Waals surface area contributed by atoms with E-state index in [1.807, 2.05) is 6.92 Å². The summed E-state index contributed by atoms with van der Waals surface area (Å²) >= 11 is 0. The van der Waals surface area contributed by atoms with Gasteiger partial charge in [0.25, 0.3) is 0 Å². The maximum Gasteiger partial charge on any atom is 0.534 e. The molecule has 0 spiro atoms. The van der Waals surface area contributed by atoms with Gasteiger partial charge in [0.1, 0.15) is 0 Å². The molecule has 0 aromatic heterocycles. The average molecular weight is 444 g/mol. The van der Waals surface area contributed by atoms with E-state index >= 15 is 0 Å². The molecule has 2 aromatic carbocycles. The predicted octanol–water partition coefficient (Wildman–Crippen LogP) is 4.51. The third-order valence-corrected chi connectivity index (χ3v) is 3.70. The van der Waals surface area contributed by atoms with Crippen LogP contribution in [-0.2, 0) is 10.1 Å². The lowest BCUT2D eigenvalue weighted by Gasteiger charge is -2.13. The van der Waals surface area contributed by atoms with Crippen molar-refractivity contribution in [3.8, 4) is 16.9 Å². The monoisotopic (exact) mass is 444 g/mol. The van der Waals surface area contributed by atoms with Crippen LogP contribution in [0, 0.1) is 6.92 Å². The summed E-state index contributed by atoms with van der Waals surface area (Å²) in [5, 5.41) is 0. The molecule has 0 aliphatic heterocycles. The van der Waals surface area contributed by atoms with E-state index in [2.05, 4.69) is 4.18 Å². The van der Waals surface area contributed by atoms with E-state index in [1.54, 1.807) is 30.3 Å². The van der Waals surface area contributed by atoms with Gasteiger partial charge >= 0.3 is 15.6 Å². The minimum Gasteiger partial charge on any atom is -0.375 e. The molecule has 0 fully saturated rings. The Balaban J connectivity index is 0.00000242. The van der Waals surface area contributed by atoms with Crippen LogP contribution in [0.2, 0.25) is 0 Å². The van der Waals surface area contributed by atoms with Crippen LogP contribution in [0.15, 0.2) is 48.5 Å². The topological polar surface area (TPSA) is 43.4 Å². The molecule has 0 radical (unpaired) electrons. The maximum atomic E-state index is 12.4. The Bertz CT molecular complexity index is 741. The molecule has 120 valence electrons. The lowest BCUT2D eigenvalue weighted by molar-refractivity contribution is -0.0499. The highest BCUT2D eigenvalue weighted by molar-refractivity contribution is 14.0. The van der Waals surface area contributed by atoms with Gasteiger partial charge in [0.05, 0.1) is 0 Å². The van der Waals surface area contributed by atoms with Crippen LogP contribution in [0.5, 0.6) is 5.75 Å². The number of benzene rings is 2. The molecule has 0 saturated carbocycles. The number of aryl methyl sites for hydroxylation is 1. The SMILES string of the molecule is Cc1ccc(-c2ccccc2OS(=O)(=O)C(F)(F)F)cc1.I. The number of halogens is 4. The van der Waals surface area contributed by atoms with Crippen molar-refractivity contribution in [1.82, 2.24) is 0 Å². The number of para-hydroxylation sites is 1. The van der Waals surface area contributed by atoms with Gasteiger partial charge in [-0.1, -0.05) is 48.0 Å². The van der Waals surface area contributed by atoms with E-state index in [4.69, 9.17) is 0 Å². The Morgan fingerprint density at radius 1 is 0.955 bits per heavy atom.